The summed E-state index contributed by atoms with van der Waals surface area (Å²) in [4.78, 5) is 13.6. The van der Waals surface area contributed by atoms with Crippen LogP contribution in [0.2, 0.25) is 0 Å². The molecule has 566 valence electrons. The Hall–Kier alpha value is -1.84. The van der Waals surface area contributed by atoms with E-state index < -0.39 is 242 Å². The number of aliphatic hydroxyl groups is 16. The molecule has 0 amide bonds. The lowest BCUT2D eigenvalue weighted by Gasteiger charge is -2.60. The molecule has 3 saturated carbocycles. The molecule has 33 nitrogen and oxygen atoms in total. The molecule has 34 heteroatoms. The lowest BCUT2D eigenvalue weighted by Crippen LogP contribution is -2.69. The van der Waals surface area contributed by atoms with E-state index >= 15 is 0 Å². The zero-order chi connectivity index (χ0) is 72.1. The van der Waals surface area contributed by atoms with Crippen LogP contribution in [0.3, 0.4) is 0 Å². The summed E-state index contributed by atoms with van der Waals surface area (Å²) >= 11 is 0. The van der Waals surface area contributed by atoms with Gasteiger partial charge in [0.15, 0.2) is 37.7 Å². The van der Waals surface area contributed by atoms with Gasteiger partial charge in [-0.3, -0.25) is 9.35 Å². The topological polar surface area (TPSA) is 515 Å². The number of Topliss-reactive ketones (excluding diaryl/α,β-unsaturated/α-hetero) is 1. The molecule has 9 fully saturated rings. The number of carbonyl (C=O) groups excluding carboxylic acids is 1. The maximum Gasteiger partial charge on any atom is 0.397 e. The van der Waals surface area contributed by atoms with Gasteiger partial charge in [0.05, 0.1) is 55.4 Å². The highest BCUT2D eigenvalue weighted by Crippen LogP contribution is 2.68. The molecule has 17 N–H and O–H groups in total. The number of hydrogen-bond acceptors (Lipinski definition) is 32. The van der Waals surface area contributed by atoms with Gasteiger partial charge in [-0.1, -0.05) is 46.3 Å². The SMILES string of the molecule is CC(C)[C@H](C)C(=O)C[C@](C)(O)[C@H]1CCC2C3C[C@H](O[C@@H]4O[C@H](C)[C@@H](O)[C@H](O[C@@H]5O[C@H](C)[C@@H](O[C@@H]6O[C@H](CO)[C@@H](O[C@@H]7O[C@H](CO)[C@@H](O)[C@H](O)[C@H]7O)[C@H](O)[C@H]6O[C@@H]6O[C@H](C)[C@H](O)[C@H](O)[C@H]6O)[C@H](O)[C@H]5O[C@@H]5O[C@H](C)[C@@H](O)[C@H](O)[C@H]5O)[C@H]4O)C4C[C@@H](OS(=O)(=O)O)CC[C@]4(C)C3=CC[C@@]21C. The molecule has 0 radical (unpaired) electrons. The number of carbonyl (C=O) groups is 1. The van der Waals surface area contributed by atoms with E-state index in [0.29, 0.717) is 25.7 Å². The molecule has 0 aromatic heterocycles. The number of hydrogen-bond donors (Lipinski definition) is 17. The first-order valence-corrected chi connectivity index (χ1v) is 35.7. The molecule has 4 aliphatic carbocycles. The van der Waals surface area contributed by atoms with Gasteiger partial charge < -0.3 is 139 Å². The summed E-state index contributed by atoms with van der Waals surface area (Å²) < 4.78 is 114. The first kappa shape index (κ1) is 78.7. The van der Waals surface area contributed by atoms with Crippen molar-refractivity contribution in [1.82, 2.24) is 0 Å². The summed E-state index contributed by atoms with van der Waals surface area (Å²) in [5.74, 6) is -1.31. The van der Waals surface area contributed by atoms with Crippen molar-refractivity contribution >= 4 is 16.2 Å². The molecular formula is C64H106O33S. The summed E-state index contributed by atoms with van der Waals surface area (Å²) in [6.45, 7) is 15.3. The van der Waals surface area contributed by atoms with Gasteiger partial charge in [-0.15, -0.1) is 0 Å². The zero-order valence-electron chi connectivity index (χ0n) is 56.6. The summed E-state index contributed by atoms with van der Waals surface area (Å²) in [6.07, 6.45) is -51.2. The molecule has 6 aliphatic heterocycles. The molecule has 0 bridgehead atoms. The number of rotatable bonds is 21. The van der Waals surface area contributed by atoms with E-state index in [9.17, 15) is 99.5 Å². The second kappa shape index (κ2) is 30.6. The van der Waals surface area contributed by atoms with Crippen molar-refractivity contribution in [2.75, 3.05) is 13.2 Å². The smallest absolute Gasteiger partial charge is 0.394 e. The first-order chi connectivity index (χ1) is 45.8. The Morgan fingerprint density at radius 3 is 1.56 bits per heavy atom. The van der Waals surface area contributed by atoms with Gasteiger partial charge in [0.2, 0.25) is 0 Å². The Kier molecular flexibility index (Phi) is 24.6. The van der Waals surface area contributed by atoms with E-state index in [0.717, 1.165) is 5.57 Å². The van der Waals surface area contributed by atoms with Crippen molar-refractivity contribution in [1.29, 1.82) is 0 Å². The Bertz CT molecular complexity index is 2820. The summed E-state index contributed by atoms with van der Waals surface area (Å²) in [6, 6.07) is 0. The van der Waals surface area contributed by atoms with Crippen LogP contribution in [0.15, 0.2) is 11.6 Å². The summed E-state index contributed by atoms with van der Waals surface area (Å²) in [5, 5.41) is 180. The van der Waals surface area contributed by atoms with Crippen molar-refractivity contribution in [3.63, 3.8) is 0 Å². The van der Waals surface area contributed by atoms with Crippen LogP contribution in [-0.2, 0) is 76.2 Å². The Morgan fingerprint density at radius 1 is 0.541 bits per heavy atom. The van der Waals surface area contributed by atoms with E-state index in [-0.39, 0.29) is 61.1 Å². The monoisotopic (exact) mass is 1430 g/mol. The molecule has 98 heavy (non-hydrogen) atoms. The van der Waals surface area contributed by atoms with Crippen molar-refractivity contribution in [3.8, 4) is 0 Å². The summed E-state index contributed by atoms with van der Waals surface area (Å²) in [7, 11) is -4.93. The van der Waals surface area contributed by atoms with Crippen LogP contribution < -0.4 is 0 Å². The Labute approximate surface area is 568 Å². The van der Waals surface area contributed by atoms with E-state index in [2.05, 4.69) is 19.9 Å². The minimum absolute atomic E-state index is 0.0254. The Balaban J connectivity index is 0.939. The molecule has 6 heterocycles. The number of aliphatic hydroxyl groups excluding tert-OH is 15. The number of allylic oxidation sites excluding steroid dienone is 2. The van der Waals surface area contributed by atoms with Crippen LogP contribution in [0.5, 0.6) is 0 Å². The largest absolute Gasteiger partial charge is 0.397 e. The van der Waals surface area contributed by atoms with Gasteiger partial charge in [0.25, 0.3) is 0 Å². The third-order valence-corrected chi connectivity index (χ3v) is 24.1. The fraction of sp³-hybridized carbons (Fsp3) is 0.953. The van der Waals surface area contributed by atoms with Crippen molar-refractivity contribution in [2.24, 2.45) is 46.3 Å². The highest BCUT2D eigenvalue weighted by Gasteiger charge is 2.65. The van der Waals surface area contributed by atoms with Crippen molar-refractivity contribution < 1.29 is 160 Å². The van der Waals surface area contributed by atoms with Crippen LogP contribution in [0, 0.1) is 46.3 Å². The molecule has 0 aromatic rings. The molecule has 0 aromatic carbocycles. The van der Waals surface area contributed by atoms with Crippen LogP contribution in [0.1, 0.15) is 121 Å². The van der Waals surface area contributed by atoms with Crippen molar-refractivity contribution in [3.05, 3.63) is 11.6 Å². The average Bonchev–Trinajstić information content (AvgIpc) is 1.39. The van der Waals surface area contributed by atoms with Crippen LogP contribution in [-0.4, -0.2) is 316 Å². The molecule has 0 spiro atoms. The van der Waals surface area contributed by atoms with Crippen molar-refractivity contribution in [2.45, 2.75) is 323 Å². The minimum Gasteiger partial charge on any atom is -0.394 e. The molecule has 10 rings (SSSR count). The predicted octanol–water partition coefficient (Wildman–Crippen LogP) is -4.22. The van der Waals surface area contributed by atoms with E-state index in [1.165, 1.54) is 27.7 Å². The van der Waals surface area contributed by atoms with Crippen LogP contribution in [0.25, 0.3) is 0 Å². The van der Waals surface area contributed by atoms with Crippen LogP contribution in [0.4, 0.5) is 0 Å². The fourth-order valence-corrected chi connectivity index (χ4v) is 18.0. The lowest BCUT2D eigenvalue weighted by molar-refractivity contribution is -0.413. The van der Waals surface area contributed by atoms with Gasteiger partial charge in [-0.25, -0.2) is 4.18 Å². The molecule has 3 unspecified atom stereocenters. The van der Waals surface area contributed by atoms with Gasteiger partial charge >= 0.3 is 10.4 Å². The highest BCUT2D eigenvalue weighted by molar-refractivity contribution is 7.80. The number of ether oxygens (including phenoxy) is 12. The molecule has 10 aliphatic rings. The normalized spacial score (nSPS) is 51.9. The molecule has 6 saturated heterocycles. The van der Waals surface area contributed by atoms with E-state index in [4.69, 9.17) is 61.0 Å². The second-order valence-corrected chi connectivity index (χ2v) is 31.3. The highest BCUT2D eigenvalue weighted by atomic mass is 32.3. The van der Waals surface area contributed by atoms with E-state index in [1.54, 1.807) is 6.92 Å². The van der Waals surface area contributed by atoms with Gasteiger partial charge in [0.1, 0.15) is 128 Å². The first-order valence-electron chi connectivity index (χ1n) is 34.3. The van der Waals surface area contributed by atoms with E-state index in [1.807, 2.05) is 20.8 Å². The maximum absolute atomic E-state index is 13.6. The lowest BCUT2D eigenvalue weighted by atomic mass is 9.47. The van der Waals surface area contributed by atoms with Crippen LogP contribution >= 0.6 is 0 Å². The molecule has 40 atom stereocenters. The fourth-order valence-electron chi connectivity index (χ4n) is 17.5. The number of ketones is 1. The quantitative estimate of drug-likeness (QED) is 0.0383. The molecular weight excluding hydrogens is 1330 g/mol. The standard InChI is InChI=1S/C64H106O33S/c1-22(2)23(3)33(67)19-64(10,81)37-12-11-30-29-18-34(32-17-28(97-98(82,83)84)13-15-62(32,8)31(29)14-16-63(30,37)9)89-59-50(80)53(40(70)26(6)87-59)94-60-54(95-56-45(75)42(72)38(68)24(4)85-56)48(78)51(27(7)88-60)92-61-55(96-57-46(76)43(73)39(69)25(5)86-57)49(79)52(36(21-66)91-61)93-58-47(77)44(74)41(71)35(20-65)90-58/h14,22-30,32,34-61,65-66,68-81H,11-13,15-21H2,1-10H3,(H,82,83,84)/t23-,24+,25+,26+,27+,28-,29?,30?,32?,34-,35+,36+,37-,38+,39-,40+,41+,42-,43-,44-,45+,46+,47+,48-,49-,50+,51+,52+,53-,54+,55+,56-,57-,58-,59-,60-,61-,62+,63-,64-/m0/s1. The number of fused-ring (bicyclic) bond motifs is 5. The van der Waals surface area contributed by atoms with Gasteiger partial charge in [-0.2, -0.15) is 8.42 Å². The predicted molar refractivity (Wildman–Crippen MR) is 327 cm³/mol. The van der Waals surface area contributed by atoms with Gasteiger partial charge in [-0.05, 0) is 120 Å². The maximum atomic E-state index is 13.6. The Morgan fingerprint density at radius 2 is 1.01 bits per heavy atom. The minimum atomic E-state index is -4.93. The van der Waals surface area contributed by atoms with Gasteiger partial charge in [0, 0.05) is 12.3 Å². The summed E-state index contributed by atoms with van der Waals surface area (Å²) in [5.41, 5.74) is -1.43. The zero-order valence-corrected chi connectivity index (χ0v) is 57.4. The second-order valence-electron chi connectivity index (χ2n) is 30.3. The third kappa shape index (κ3) is 15.3. The average molecular weight is 1440 g/mol. The third-order valence-electron chi connectivity index (χ3n) is 23.6.